The molecule has 1 aromatic carbocycles. The van der Waals surface area contributed by atoms with Crippen LogP contribution in [0.15, 0.2) is 51.4 Å². The molecule has 3 heterocycles. The quantitative estimate of drug-likeness (QED) is 0.601. The first-order valence-corrected chi connectivity index (χ1v) is 13.9. The number of rotatable bonds is 6. The maximum absolute atomic E-state index is 12.8. The number of allylic oxidation sites excluding steroid dienone is 1. The Morgan fingerprint density at radius 1 is 1.16 bits per heavy atom. The second kappa shape index (κ2) is 10.8. The van der Waals surface area contributed by atoms with Crippen LogP contribution in [0, 0.1) is 5.92 Å². The van der Waals surface area contributed by atoms with E-state index in [1.807, 2.05) is 29.9 Å². The van der Waals surface area contributed by atoms with Gasteiger partial charge in [-0.15, -0.1) is 0 Å². The summed E-state index contributed by atoms with van der Waals surface area (Å²) in [6.45, 7) is 9.71. The molecule has 2 aromatic rings. The van der Waals surface area contributed by atoms with E-state index in [2.05, 4.69) is 17.0 Å². The molecule has 10 heteroatoms. The van der Waals surface area contributed by atoms with Crippen LogP contribution in [-0.2, 0) is 34.6 Å². The van der Waals surface area contributed by atoms with Crippen LogP contribution in [0.3, 0.4) is 0 Å². The summed E-state index contributed by atoms with van der Waals surface area (Å²) >= 11 is 0. The van der Waals surface area contributed by atoms with Gasteiger partial charge in [-0.25, -0.2) is 9.52 Å². The molecule has 200 valence electrons. The molecule has 37 heavy (non-hydrogen) atoms. The first kappa shape index (κ1) is 27.1. The van der Waals surface area contributed by atoms with E-state index in [-0.39, 0.29) is 24.4 Å². The Morgan fingerprint density at radius 3 is 2.35 bits per heavy atom. The van der Waals surface area contributed by atoms with Gasteiger partial charge in [0.15, 0.2) is 5.43 Å². The van der Waals surface area contributed by atoms with Crippen molar-refractivity contribution in [3.8, 4) is 0 Å². The number of ether oxygens (including phenoxy) is 1. The zero-order valence-corrected chi connectivity index (χ0v) is 22.6. The highest BCUT2D eigenvalue weighted by Gasteiger charge is 2.31. The van der Waals surface area contributed by atoms with Gasteiger partial charge in [-0.2, -0.15) is 12.7 Å². The molecule has 0 spiro atoms. The van der Waals surface area contributed by atoms with Crippen molar-refractivity contribution in [3.05, 3.63) is 74.8 Å². The molecule has 0 saturated carbocycles. The molecule has 1 amide bonds. The Balaban J connectivity index is 1.32. The Labute approximate surface area is 218 Å². The highest BCUT2D eigenvalue weighted by Crippen LogP contribution is 2.27. The van der Waals surface area contributed by atoms with Crippen LogP contribution in [0.25, 0.3) is 6.08 Å². The van der Waals surface area contributed by atoms with E-state index < -0.39 is 21.9 Å². The SMILES string of the molecule is C/C(=C\c1coc(CN2Cc3ccccc3C2)cc1=O)C1CCN(S(=O)(=O)NC(=O)OC(C)(C)C)CC1. The van der Waals surface area contributed by atoms with Crippen LogP contribution < -0.4 is 10.2 Å². The fourth-order valence-corrected chi connectivity index (χ4v) is 5.84. The summed E-state index contributed by atoms with van der Waals surface area (Å²) in [6, 6.07) is 9.88. The highest BCUT2D eigenvalue weighted by molar-refractivity contribution is 7.87. The summed E-state index contributed by atoms with van der Waals surface area (Å²) in [4.78, 5) is 26.9. The van der Waals surface area contributed by atoms with Gasteiger partial charge >= 0.3 is 16.3 Å². The average Bonchev–Trinajstić information content (AvgIpc) is 3.21. The summed E-state index contributed by atoms with van der Waals surface area (Å²) < 4.78 is 39.2. The highest BCUT2D eigenvalue weighted by atomic mass is 32.2. The molecule has 2 aliphatic rings. The van der Waals surface area contributed by atoms with Crippen LogP contribution in [0.1, 0.15) is 63.0 Å². The number of nitrogens with one attached hydrogen (secondary N) is 1. The Kier molecular flexibility index (Phi) is 7.91. The number of hydrogen-bond acceptors (Lipinski definition) is 7. The molecule has 0 unspecified atom stereocenters. The third-order valence-electron chi connectivity index (χ3n) is 6.63. The molecule has 0 atom stereocenters. The predicted octanol–water partition coefficient (Wildman–Crippen LogP) is 4.04. The minimum Gasteiger partial charge on any atom is -0.467 e. The maximum Gasteiger partial charge on any atom is 0.422 e. The van der Waals surface area contributed by atoms with Crippen molar-refractivity contribution >= 4 is 22.4 Å². The average molecular weight is 530 g/mol. The monoisotopic (exact) mass is 529 g/mol. The van der Waals surface area contributed by atoms with Crippen LogP contribution >= 0.6 is 0 Å². The van der Waals surface area contributed by atoms with Crippen LogP contribution in [0.4, 0.5) is 4.79 Å². The maximum atomic E-state index is 12.8. The van der Waals surface area contributed by atoms with Gasteiger partial charge in [-0.05, 0) is 63.7 Å². The molecular formula is C27H35N3O6S. The third kappa shape index (κ3) is 7.09. The lowest BCUT2D eigenvalue weighted by atomic mass is 9.90. The van der Waals surface area contributed by atoms with Crippen molar-refractivity contribution in [2.24, 2.45) is 5.92 Å². The van der Waals surface area contributed by atoms with Crippen molar-refractivity contribution in [2.75, 3.05) is 13.1 Å². The molecule has 0 radical (unpaired) electrons. The third-order valence-corrected chi connectivity index (χ3v) is 8.10. The Bertz CT molecular complexity index is 1310. The molecule has 2 aliphatic heterocycles. The van der Waals surface area contributed by atoms with Crippen molar-refractivity contribution in [1.29, 1.82) is 0 Å². The van der Waals surface area contributed by atoms with Crippen molar-refractivity contribution in [2.45, 2.75) is 65.8 Å². The molecule has 1 saturated heterocycles. The number of carbonyl (C=O) groups is 1. The second-order valence-corrected chi connectivity index (χ2v) is 12.4. The van der Waals surface area contributed by atoms with Gasteiger partial charge < -0.3 is 9.15 Å². The summed E-state index contributed by atoms with van der Waals surface area (Å²) in [5.41, 5.74) is 3.19. The standard InChI is InChI=1S/C27H35N3O6S/c1-19(20-9-11-30(12-10-20)37(33,34)28-26(32)36-27(2,3)4)13-23-18-35-24(14-25(23)31)17-29-15-21-7-5-6-8-22(21)16-29/h5-8,13-14,18,20H,9-12,15-17H2,1-4H3,(H,28,32)/b19-13+. The first-order valence-electron chi connectivity index (χ1n) is 12.5. The summed E-state index contributed by atoms with van der Waals surface area (Å²) in [5, 5.41) is 0. The number of nitrogens with zero attached hydrogens (tertiary/aromatic N) is 2. The van der Waals surface area contributed by atoms with Gasteiger partial charge in [0.05, 0.1) is 12.1 Å². The largest absolute Gasteiger partial charge is 0.467 e. The fraction of sp³-hybridized carbons (Fsp3) is 0.481. The summed E-state index contributed by atoms with van der Waals surface area (Å²) in [5.74, 6) is 0.749. The smallest absolute Gasteiger partial charge is 0.422 e. The molecule has 0 bridgehead atoms. The van der Waals surface area contributed by atoms with Crippen LogP contribution in [-0.4, -0.2) is 42.4 Å². The van der Waals surface area contributed by atoms with E-state index >= 15 is 0 Å². The van der Waals surface area contributed by atoms with E-state index in [1.54, 1.807) is 26.8 Å². The molecule has 0 aliphatic carbocycles. The zero-order valence-electron chi connectivity index (χ0n) is 21.8. The number of fused-ring (bicyclic) bond motifs is 1. The minimum absolute atomic E-state index is 0.0983. The van der Waals surface area contributed by atoms with E-state index in [1.165, 1.54) is 21.7 Å². The second-order valence-electron chi connectivity index (χ2n) is 10.8. The van der Waals surface area contributed by atoms with Gasteiger partial charge in [0, 0.05) is 32.2 Å². The van der Waals surface area contributed by atoms with E-state index in [9.17, 15) is 18.0 Å². The normalized spacial score (nSPS) is 18.0. The number of piperidine rings is 1. The van der Waals surface area contributed by atoms with Crippen molar-refractivity contribution in [3.63, 3.8) is 0 Å². The summed E-state index contributed by atoms with van der Waals surface area (Å²) in [7, 11) is -3.98. The fourth-order valence-electron chi connectivity index (χ4n) is 4.77. The summed E-state index contributed by atoms with van der Waals surface area (Å²) in [6.07, 6.45) is 3.51. The number of benzene rings is 1. The van der Waals surface area contributed by atoms with Crippen LogP contribution in [0.2, 0.25) is 0 Å². The lowest BCUT2D eigenvalue weighted by Crippen LogP contribution is -2.48. The van der Waals surface area contributed by atoms with Gasteiger partial charge in [0.25, 0.3) is 0 Å². The molecule has 1 fully saturated rings. The number of amides is 1. The Morgan fingerprint density at radius 2 is 1.78 bits per heavy atom. The lowest BCUT2D eigenvalue weighted by molar-refractivity contribution is 0.0566. The first-order chi connectivity index (χ1) is 17.4. The predicted molar refractivity (Wildman–Crippen MR) is 141 cm³/mol. The van der Waals surface area contributed by atoms with Gasteiger partial charge in [-0.3, -0.25) is 9.69 Å². The molecule has 1 aromatic heterocycles. The van der Waals surface area contributed by atoms with Gasteiger partial charge in [-0.1, -0.05) is 29.8 Å². The molecule has 1 N–H and O–H groups in total. The molecular weight excluding hydrogens is 494 g/mol. The van der Waals surface area contributed by atoms with E-state index in [4.69, 9.17) is 9.15 Å². The van der Waals surface area contributed by atoms with Crippen LogP contribution in [0.5, 0.6) is 0 Å². The van der Waals surface area contributed by atoms with E-state index in [0.29, 0.717) is 30.7 Å². The minimum atomic E-state index is -3.98. The molecule has 4 rings (SSSR count). The van der Waals surface area contributed by atoms with E-state index in [0.717, 1.165) is 18.7 Å². The molecule has 9 nitrogen and oxygen atoms in total. The topological polar surface area (TPSA) is 109 Å². The number of hydrogen-bond donors (Lipinski definition) is 1. The van der Waals surface area contributed by atoms with Gasteiger partial charge in [0.2, 0.25) is 0 Å². The zero-order chi connectivity index (χ0) is 26.8. The van der Waals surface area contributed by atoms with Crippen molar-refractivity contribution < 1.29 is 22.4 Å². The number of carbonyl (C=O) groups excluding carboxylic acids is 1. The Hall–Kier alpha value is -2.95. The van der Waals surface area contributed by atoms with Gasteiger partial charge in [0.1, 0.15) is 17.6 Å². The lowest BCUT2D eigenvalue weighted by Gasteiger charge is -2.31. The van der Waals surface area contributed by atoms with Crippen molar-refractivity contribution in [1.82, 2.24) is 13.9 Å².